The fraction of sp³-hybridized carbons (Fsp3) is 0.300. The fourth-order valence-corrected chi connectivity index (χ4v) is 2.38. The molecule has 0 saturated carbocycles. The van der Waals surface area contributed by atoms with Crippen molar-refractivity contribution in [3.05, 3.63) is 35.2 Å². The average Bonchev–Trinajstić information content (AvgIpc) is 2.16. The Hall–Kier alpha value is 0.01000. The summed E-state index contributed by atoms with van der Waals surface area (Å²) in [5, 5.41) is 8.92. The first-order valence-corrected chi connectivity index (χ1v) is 5.98. The Labute approximate surface area is 91.7 Å². The molecule has 0 aliphatic heterocycles. The highest BCUT2D eigenvalue weighted by Crippen LogP contribution is 2.28. The summed E-state index contributed by atoms with van der Waals surface area (Å²) in [6.45, 7) is 3.93. The van der Waals surface area contributed by atoms with Crippen LogP contribution in [0.2, 0.25) is 0 Å². The van der Waals surface area contributed by atoms with Crippen LogP contribution in [0.4, 0.5) is 0 Å². The van der Waals surface area contributed by atoms with Gasteiger partial charge in [0.15, 0.2) is 0 Å². The van der Waals surface area contributed by atoms with Gasteiger partial charge >= 0.3 is 0 Å². The van der Waals surface area contributed by atoms with E-state index in [0.29, 0.717) is 0 Å². The normalized spacial score (nSPS) is 12.9. The first-order valence-electron chi connectivity index (χ1n) is 3.96. The van der Waals surface area contributed by atoms with Crippen LogP contribution in [0.25, 0.3) is 0 Å². The average molecular weight is 260 g/mol. The van der Waals surface area contributed by atoms with Crippen LogP contribution in [0.15, 0.2) is 27.6 Å². The van der Waals surface area contributed by atoms with Crippen LogP contribution in [0.5, 0.6) is 0 Å². The number of halogens is 1. The molecular formula is C10H12BrOS. The van der Waals surface area contributed by atoms with Gasteiger partial charge in [-0.3, -0.25) is 0 Å². The Morgan fingerprint density at radius 1 is 1.62 bits per heavy atom. The number of thioether (sulfide) groups is 1. The molecule has 0 amide bonds. The zero-order chi connectivity index (χ0) is 9.84. The number of benzene rings is 1. The lowest BCUT2D eigenvalue weighted by atomic mass is 10.0. The molecular weight excluding hydrogens is 248 g/mol. The highest BCUT2D eigenvalue weighted by Gasteiger charge is 2.06. The summed E-state index contributed by atoms with van der Waals surface area (Å²) < 4.78 is 1.07. The molecule has 1 rings (SSSR count). The summed E-state index contributed by atoms with van der Waals surface area (Å²) in [5.74, 6) is -0.0350. The third kappa shape index (κ3) is 2.73. The molecule has 0 aliphatic rings. The van der Waals surface area contributed by atoms with Gasteiger partial charge in [0.25, 0.3) is 0 Å². The molecule has 1 atom stereocenters. The van der Waals surface area contributed by atoms with E-state index in [-0.39, 0.29) is 12.5 Å². The number of hydrogen-bond acceptors (Lipinski definition) is 2. The molecule has 1 nitrogen and oxygen atoms in total. The van der Waals surface area contributed by atoms with E-state index in [1.54, 1.807) is 11.8 Å². The molecule has 1 unspecified atom stereocenters. The second-order valence-corrected chi connectivity index (χ2v) is 4.48. The van der Waals surface area contributed by atoms with Gasteiger partial charge in [-0.15, -0.1) is 11.8 Å². The van der Waals surface area contributed by atoms with Crippen molar-refractivity contribution >= 4 is 27.7 Å². The predicted molar refractivity (Wildman–Crippen MR) is 61.1 cm³/mol. The van der Waals surface area contributed by atoms with Crippen LogP contribution in [-0.4, -0.2) is 18.0 Å². The lowest BCUT2D eigenvalue weighted by molar-refractivity contribution is 0.282. The minimum Gasteiger partial charge on any atom is -0.396 e. The Morgan fingerprint density at radius 3 is 2.77 bits per heavy atom. The van der Waals surface area contributed by atoms with Crippen molar-refractivity contribution in [3.8, 4) is 0 Å². The maximum absolute atomic E-state index is 8.92. The van der Waals surface area contributed by atoms with Gasteiger partial charge in [0.2, 0.25) is 0 Å². The van der Waals surface area contributed by atoms with E-state index in [2.05, 4.69) is 22.9 Å². The first kappa shape index (κ1) is 11.1. The van der Waals surface area contributed by atoms with E-state index in [1.807, 2.05) is 24.5 Å². The van der Waals surface area contributed by atoms with E-state index in [4.69, 9.17) is 5.11 Å². The standard InChI is InChI=1S/C10H12BrOS/c1-7(6-12)8-3-4-10(13-2)9(11)5-8/h3-5,7,12H,1,6H2,2H3. The molecule has 3 heteroatoms. The van der Waals surface area contributed by atoms with Crippen LogP contribution in [-0.2, 0) is 0 Å². The van der Waals surface area contributed by atoms with Crippen LogP contribution in [0, 0.1) is 6.92 Å². The summed E-state index contributed by atoms with van der Waals surface area (Å²) >= 11 is 5.17. The molecule has 0 spiro atoms. The summed E-state index contributed by atoms with van der Waals surface area (Å²) in [4.78, 5) is 1.20. The van der Waals surface area contributed by atoms with E-state index in [9.17, 15) is 0 Å². The maximum Gasteiger partial charge on any atom is 0.0499 e. The Kier molecular flexibility index (Phi) is 4.29. The monoisotopic (exact) mass is 259 g/mol. The third-order valence-corrected chi connectivity index (χ3v) is 3.58. The van der Waals surface area contributed by atoms with Gasteiger partial charge in [-0.05, 0) is 46.8 Å². The molecule has 0 aliphatic carbocycles. The van der Waals surface area contributed by atoms with Gasteiger partial charge in [0, 0.05) is 21.9 Å². The quantitative estimate of drug-likeness (QED) is 0.843. The third-order valence-electron chi connectivity index (χ3n) is 1.87. The molecule has 0 fully saturated rings. The van der Waals surface area contributed by atoms with Gasteiger partial charge in [0.05, 0.1) is 0 Å². The Balaban J connectivity index is 2.95. The summed E-state index contributed by atoms with van der Waals surface area (Å²) in [7, 11) is 0. The summed E-state index contributed by atoms with van der Waals surface area (Å²) in [6.07, 6.45) is 2.04. The van der Waals surface area contributed by atoms with Gasteiger partial charge in [-0.1, -0.05) is 6.07 Å². The topological polar surface area (TPSA) is 20.2 Å². The largest absolute Gasteiger partial charge is 0.396 e. The lowest BCUT2D eigenvalue weighted by Crippen LogP contribution is -1.98. The van der Waals surface area contributed by atoms with Crippen LogP contribution in [0.1, 0.15) is 11.5 Å². The molecule has 13 heavy (non-hydrogen) atoms. The van der Waals surface area contributed by atoms with Crippen molar-refractivity contribution in [1.29, 1.82) is 0 Å². The summed E-state index contributed by atoms with van der Waals surface area (Å²) in [5.41, 5.74) is 1.06. The zero-order valence-corrected chi connectivity index (χ0v) is 9.86. The van der Waals surface area contributed by atoms with E-state index in [1.165, 1.54) is 4.90 Å². The van der Waals surface area contributed by atoms with Crippen molar-refractivity contribution in [1.82, 2.24) is 0 Å². The van der Waals surface area contributed by atoms with Crippen molar-refractivity contribution < 1.29 is 5.11 Å². The van der Waals surface area contributed by atoms with E-state index >= 15 is 0 Å². The fourth-order valence-electron chi connectivity index (χ4n) is 1.04. The van der Waals surface area contributed by atoms with Crippen LogP contribution in [0.3, 0.4) is 0 Å². The SMILES string of the molecule is [CH2]C(CO)c1ccc(SC)c(Br)c1. The van der Waals surface area contributed by atoms with E-state index in [0.717, 1.165) is 10.0 Å². The molecule has 1 aromatic rings. The van der Waals surface area contributed by atoms with Crippen molar-refractivity contribution in [2.75, 3.05) is 12.9 Å². The zero-order valence-electron chi connectivity index (χ0n) is 7.46. The molecule has 0 aromatic heterocycles. The van der Waals surface area contributed by atoms with Crippen molar-refractivity contribution in [2.45, 2.75) is 10.8 Å². The molecule has 0 heterocycles. The van der Waals surface area contributed by atoms with Gasteiger partial charge in [-0.25, -0.2) is 0 Å². The predicted octanol–water partition coefficient (Wildman–Crippen LogP) is 3.08. The number of aliphatic hydroxyl groups is 1. The minimum absolute atomic E-state index is 0.0350. The van der Waals surface area contributed by atoms with Crippen molar-refractivity contribution in [3.63, 3.8) is 0 Å². The van der Waals surface area contributed by atoms with Crippen LogP contribution >= 0.6 is 27.7 Å². The van der Waals surface area contributed by atoms with Gasteiger partial charge < -0.3 is 5.11 Å². The highest BCUT2D eigenvalue weighted by molar-refractivity contribution is 9.10. The smallest absolute Gasteiger partial charge is 0.0499 e. The number of rotatable bonds is 3. The molecule has 1 N–H and O–H groups in total. The number of aliphatic hydroxyl groups excluding tert-OH is 1. The Morgan fingerprint density at radius 2 is 2.31 bits per heavy atom. The van der Waals surface area contributed by atoms with Crippen molar-refractivity contribution in [2.24, 2.45) is 0 Å². The maximum atomic E-state index is 8.92. The van der Waals surface area contributed by atoms with Gasteiger partial charge in [-0.2, -0.15) is 0 Å². The Bertz CT molecular complexity index is 288. The van der Waals surface area contributed by atoms with Gasteiger partial charge in [0.1, 0.15) is 0 Å². The molecule has 0 saturated heterocycles. The minimum atomic E-state index is -0.0350. The molecule has 0 bridgehead atoms. The first-order chi connectivity index (χ1) is 6.19. The number of hydrogen-bond donors (Lipinski definition) is 1. The second kappa shape index (κ2) is 5.03. The van der Waals surface area contributed by atoms with E-state index < -0.39 is 0 Å². The molecule has 1 radical (unpaired) electrons. The summed E-state index contributed by atoms with van der Waals surface area (Å²) in [6, 6.07) is 6.06. The molecule has 71 valence electrons. The lowest BCUT2D eigenvalue weighted by Gasteiger charge is -2.09. The van der Waals surface area contributed by atoms with Crippen LogP contribution < -0.4 is 0 Å². The second-order valence-electron chi connectivity index (χ2n) is 2.77. The highest BCUT2D eigenvalue weighted by atomic mass is 79.9. The molecule has 1 aromatic carbocycles.